The summed E-state index contributed by atoms with van der Waals surface area (Å²) >= 11 is 0. The molecule has 2 heterocycles. The Morgan fingerprint density at radius 1 is 1.44 bits per heavy atom. The van der Waals surface area contributed by atoms with E-state index in [2.05, 4.69) is 10.3 Å². The minimum Gasteiger partial charge on any atom is -0.481 e. The number of aliphatic carboxylic acids is 1. The van der Waals surface area contributed by atoms with E-state index in [4.69, 9.17) is 9.52 Å². The zero-order valence-electron chi connectivity index (χ0n) is 9.74. The van der Waals surface area contributed by atoms with Gasteiger partial charge >= 0.3 is 5.97 Å². The molecule has 1 unspecified atom stereocenters. The molecule has 1 atom stereocenters. The summed E-state index contributed by atoms with van der Waals surface area (Å²) in [7, 11) is 0. The van der Waals surface area contributed by atoms with Gasteiger partial charge in [0.05, 0.1) is 18.7 Å². The van der Waals surface area contributed by atoms with Gasteiger partial charge in [-0.05, 0) is 23.8 Å². The molecule has 5 heteroatoms. The molecular weight excluding hydrogens is 232 g/mol. The van der Waals surface area contributed by atoms with Crippen molar-refractivity contribution in [2.45, 2.75) is 19.0 Å². The van der Waals surface area contributed by atoms with Gasteiger partial charge in [-0.1, -0.05) is 6.07 Å². The largest absolute Gasteiger partial charge is 0.481 e. The van der Waals surface area contributed by atoms with E-state index in [9.17, 15) is 4.79 Å². The third-order valence-corrected chi connectivity index (χ3v) is 2.54. The van der Waals surface area contributed by atoms with Crippen LogP contribution < -0.4 is 5.32 Å². The Balaban J connectivity index is 2.00. The monoisotopic (exact) mass is 246 g/mol. The van der Waals surface area contributed by atoms with Gasteiger partial charge in [0.15, 0.2) is 0 Å². The molecule has 94 valence electrons. The fourth-order valence-electron chi connectivity index (χ4n) is 1.68. The van der Waals surface area contributed by atoms with Gasteiger partial charge in [0.1, 0.15) is 5.76 Å². The Kier molecular flexibility index (Phi) is 4.09. The summed E-state index contributed by atoms with van der Waals surface area (Å²) in [6.45, 7) is 0.548. The summed E-state index contributed by atoms with van der Waals surface area (Å²) in [4.78, 5) is 14.8. The van der Waals surface area contributed by atoms with Gasteiger partial charge in [-0.3, -0.25) is 9.78 Å². The molecule has 2 aromatic rings. The van der Waals surface area contributed by atoms with Crippen molar-refractivity contribution in [1.82, 2.24) is 10.3 Å². The van der Waals surface area contributed by atoms with Crippen molar-refractivity contribution in [3.8, 4) is 0 Å². The van der Waals surface area contributed by atoms with E-state index in [1.165, 1.54) is 6.26 Å². The number of hydrogen-bond acceptors (Lipinski definition) is 4. The van der Waals surface area contributed by atoms with Crippen LogP contribution in [-0.4, -0.2) is 16.1 Å². The molecule has 2 rings (SSSR count). The number of carboxylic acid groups (broad SMARTS) is 1. The molecule has 2 aromatic heterocycles. The predicted molar refractivity (Wildman–Crippen MR) is 64.8 cm³/mol. The minimum atomic E-state index is -0.866. The maximum atomic E-state index is 10.8. The molecule has 18 heavy (non-hydrogen) atoms. The second-order valence-electron chi connectivity index (χ2n) is 3.91. The molecule has 5 nitrogen and oxygen atoms in total. The quantitative estimate of drug-likeness (QED) is 0.815. The van der Waals surface area contributed by atoms with Crippen LogP contribution in [0.15, 0.2) is 47.3 Å². The molecule has 0 radical (unpaired) electrons. The van der Waals surface area contributed by atoms with E-state index in [1.807, 2.05) is 12.1 Å². The summed E-state index contributed by atoms with van der Waals surface area (Å²) in [6.07, 6.45) is 4.96. The molecule has 0 spiro atoms. The fourth-order valence-corrected chi connectivity index (χ4v) is 1.68. The molecule has 0 bridgehead atoms. The summed E-state index contributed by atoms with van der Waals surface area (Å²) < 4.78 is 5.24. The van der Waals surface area contributed by atoms with Gasteiger partial charge in [0.2, 0.25) is 0 Å². The van der Waals surface area contributed by atoms with Crippen molar-refractivity contribution in [1.29, 1.82) is 0 Å². The van der Waals surface area contributed by atoms with E-state index < -0.39 is 5.97 Å². The molecule has 0 amide bonds. The van der Waals surface area contributed by atoms with Crippen LogP contribution in [0.4, 0.5) is 0 Å². The normalized spacial score (nSPS) is 12.2. The van der Waals surface area contributed by atoms with E-state index >= 15 is 0 Å². The molecular formula is C13H14N2O3. The molecule has 0 aliphatic rings. The Labute approximate surface area is 104 Å². The SMILES string of the molecule is O=C(O)CC(NCc1cccnc1)c1ccco1. The van der Waals surface area contributed by atoms with Gasteiger partial charge in [0.25, 0.3) is 0 Å². The molecule has 2 N–H and O–H groups in total. The first-order valence-electron chi connectivity index (χ1n) is 5.63. The van der Waals surface area contributed by atoms with Crippen molar-refractivity contribution in [2.75, 3.05) is 0 Å². The van der Waals surface area contributed by atoms with Gasteiger partial charge in [-0.25, -0.2) is 0 Å². The number of hydrogen-bond donors (Lipinski definition) is 2. The third-order valence-electron chi connectivity index (χ3n) is 2.54. The maximum absolute atomic E-state index is 10.8. The number of furan rings is 1. The Morgan fingerprint density at radius 3 is 2.94 bits per heavy atom. The Bertz CT molecular complexity index is 482. The Hall–Kier alpha value is -2.14. The van der Waals surface area contributed by atoms with E-state index in [0.29, 0.717) is 12.3 Å². The molecule has 0 saturated heterocycles. The van der Waals surface area contributed by atoms with Crippen molar-refractivity contribution >= 4 is 5.97 Å². The number of nitrogens with zero attached hydrogens (tertiary/aromatic N) is 1. The zero-order chi connectivity index (χ0) is 12.8. The highest BCUT2D eigenvalue weighted by Gasteiger charge is 2.17. The number of rotatable bonds is 6. The number of nitrogens with one attached hydrogen (secondary N) is 1. The van der Waals surface area contributed by atoms with E-state index in [1.54, 1.807) is 24.5 Å². The first-order valence-corrected chi connectivity index (χ1v) is 5.63. The topological polar surface area (TPSA) is 75.4 Å². The lowest BCUT2D eigenvalue weighted by molar-refractivity contribution is -0.137. The van der Waals surface area contributed by atoms with Crippen molar-refractivity contribution in [3.63, 3.8) is 0 Å². The minimum absolute atomic E-state index is 0.0201. The second kappa shape index (κ2) is 5.97. The van der Waals surface area contributed by atoms with Crippen molar-refractivity contribution in [2.24, 2.45) is 0 Å². The van der Waals surface area contributed by atoms with Gasteiger partial charge < -0.3 is 14.8 Å². The van der Waals surface area contributed by atoms with Crippen LogP contribution in [0.25, 0.3) is 0 Å². The Morgan fingerprint density at radius 2 is 2.33 bits per heavy atom. The van der Waals surface area contributed by atoms with Crippen LogP contribution in [0.2, 0.25) is 0 Å². The highest BCUT2D eigenvalue weighted by Crippen LogP contribution is 2.17. The first kappa shape index (κ1) is 12.3. The lowest BCUT2D eigenvalue weighted by Gasteiger charge is -2.14. The van der Waals surface area contributed by atoms with Crippen LogP contribution in [0.3, 0.4) is 0 Å². The average molecular weight is 246 g/mol. The van der Waals surface area contributed by atoms with Crippen LogP contribution >= 0.6 is 0 Å². The van der Waals surface area contributed by atoms with Crippen LogP contribution in [0.5, 0.6) is 0 Å². The third kappa shape index (κ3) is 3.43. The van der Waals surface area contributed by atoms with Crippen LogP contribution in [0.1, 0.15) is 23.8 Å². The van der Waals surface area contributed by atoms with Crippen LogP contribution in [-0.2, 0) is 11.3 Å². The molecule has 0 fully saturated rings. The van der Waals surface area contributed by atoms with Gasteiger partial charge in [-0.15, -0.1) is 0 Å². The predicted octanol–water partition coefficient (Wildman–Crippen LogP) is 1.98. The highest BCUT2D eigenvalue weighted by molar-refractivity contribution is 5.67. The summed E-state index contributed by atoms with van der Waals surface area (Å²) in [5, 5.41) is 12.0. The standard InChI is InChI=1S/C13H14N2O3/c16-13(17)7-11(12-4-2-6-18-12)15-9-10-3-1-5-14-8-10/h1-6,8,11,15H,7,9H2,(H,16,17). The van der Waals surface area contributed by atoms with Crippen LogP contribution in [0, 0.1) is 0 Å². The smallest absolute Gasteiger partial charge is 0.305 e. The lowest BCUT2D eigenvalue weighted by atomic mass is 10.1. The van der Waals surface area contributed by atoms with E-state index in [0.717, 1.165) is 5.56 Å². The summed E-state index contributed by atoms with van der Waals surface area (Å²) in [6, 6.07) is 6.95. The maximum Gasteiger partial charge on any atom is 0.305 e. The summed E-state index contributed by atoms with van der Waals surface area (Å²) in [5.74, 6) is -0.239. The lowest BCUT2D eigenvalue weighted by Crippen LogP contribution is -2.23. The van der Waals surface area contributed by atoms with E-state index in [-0.39, 0.29) is 12.5 Å². The molecule has 0 aliphatic heterocycles. The molecule has 0 aromatic carbocycles. The van der Waals surface area contributed by atoms with Gasteiger partial charge in [-0.2, -0.15) is 0 Å². The number of carboxylic acids is 1. The average Bonchev–Trinajstić information content (AvgIpc) is 2.89. The number of pyridine rings is 1. The molecule has 0 aliphatic carbocycles. The highest BCUT2D eigenvalue weighted by atomic mass is 16.4. The van der Waals surface area contributed by atoms with Gasteiger partial charge in [0, 0.05) is 18.9 Å². The zero-order valence-corrected chi connectivity index (χ0v) is 9.74. The molecule has 0 saturated carbocycles. The number of carbonyl (C=O) groups is 1. The second-order valence-corrected chi connectivity index (χ2v) is 3.91. The van der Waals surface area contributed by atoms with Crippen molar-refractivity contribution in [3.05, 3.63) is 54.2 Å². The number of aromatic nitrogens is 1. The van der Waals surface area contributed by atoms with Crippen molar-refractivity contribution < 1.29 is 14.3 Å². The fraction of sp³-hybridized carbons (Fsp3) is 0.231. The first-order chi connectivity index (χ1) is 8.75. The summed E-state index contributed by atoms with van der Waals surface area (Å²) in [5.41, 5.74) is 0.999.